The predicted molar refractivity (Wildman–Crippen MR) is 113 cm³/mol. The first-order chi connectivity index (χ1) is 14.0. The monoisotopic (exact) mass is 412 g/mol. The van der Waals surface area contributed by atoms with Crippen LogP contribution in [-0.2, 0) is 27.8 Å². The highest BCUT2D eigenvalue weighted by Gasteiger charge is 2.12. The van der Waals surface area contributed by atoms with Crippen molar-refractivity contribution in [2.45, 2.75) is 19.4 Å². The number of carbonyl (C=O) groups is 1. The lowest BCUT2D eigenvalue weighted by Crippen LogP contribution is -2.34. The molecule has 0 spiro atoms. The molecule has 152 valence electrons. The van der Waals surface area contributed by atoms with Gasteiger partial charge in [0.25, 0.3) is 0 Å². The number of rotatable bonds is 10. The molecule has 1 aromatic heterocycles. The molecule has 6 nitrogen and oxygen atoms in total. The molecule has 2 aromatic carbocycles. The van der Waals surface area contributed by atoms with Crippen molar-refractivity contribution < 1.29 is 17.6 Å². The highest BCUT2D eigenvalue weighted by Crippen LogP contribution is 2.22. The zero-order valence-corrected chi connectivity index (χ0v) is 16.8. The third kappa shape index (κ3) is 6.89. The van der Waals surface area contributed by atoms with Gasteiger partial charge in [-0.05, 0) is 17.7 Å². The zero-order valence-electron chi connectivity index (χ0n) is 16.0. The predicted octanol–water partition coefficient (Wildman–Crippen LogP) is 3.12. The van der Waals surface area contributed by atoms with Gasteiger partial charge in [-0.3, -0.25) is 4.79 Å². The van der Waals surface area contributed by atoms with E-state index in [4.69, 9.17) is 4.42 Å². The molecule has 0 aliphatic carbocycles. The van der Waals surface area contributed by atoms with Gasteiger partial charge in [0.15, 0.2) is 0 Å². The first-order valence-corrected chi connectivity index (χ1v) is 11.1. The van der Waals surface area contributed by atoms with Crippen molar-refractivity contribution in [3.8, 4) is 11.3 Å². The first-order valence-electron chi connectivity index (χ1n) is 9.44. The highest BCUT2D eigenvalue weighted by molar-refractivity contribution is 7.89. The Morgan fingerprint density at radius 2 is 1.59 bits per heavy atom. The molecular weight excluding hydrogens is 388 g/mol. The summed E-state index contributed by atoms with van der Waals surface area (Å²) in [6.07, 6.45) is 0.691. The van der Waals surface area contributed by atoms with Crippen molar-refractivity contribution in [1.29, 1.82) is 0 Å². The van der Waals surface area contributed by atoms with E-state index in [0.29, 0.717) is 6.42 Å². The molecule has 0 bridgehead atoms. The molecule has 3 aromatic rings. The molecule has 0 fully saturated rings. The summed E-state index contributed by atoms with van der Waals surface area (Å²) in [4.78, 5) is 12.0. The number of hydrogen-bond donors (Lipinski definition) is 2. The summed E-state index contributed by atoms with van der Waals surface area (Å²) in [6.45, 7) is 0.301. The number of hydrogen-bond acceptors (Lipinski definition) is 4. The summed E-state index contributed by atoms with van der Waals surface area (Å²) in [7, 11) is -3.45. The van der Waals surface area contributed by atoms with Gasteiger partial charge in [0, 0.05) is 31.5 Å². The number of sulfonamides is 1. The number of carbonyl (C=O) groups excluding carboxylic acids is 1. The van der Waals surface area contributed by atoms with Crippen LogP contribution in [0, 0.1) is 0 Å². The van der Waals surface area contributed by atoms with E-state index in [2.05, 4.69) is 10.0 Å². The SMILES string of the molecule is O=C(CCc1ccc(-c2ccccc2)o1)NCCS(=O)(=O)NCc1ccccc1. The fraction of sp³-hybridized carbons (Fsp3) is 0.227. The molecule has 0 aliphatic heterocycles. The van der Waals surface area contributed by atoms with Crippen LogP contribution in [0.25, 0.3) is 11.3 Å². The lowest BCUT2D eigenvalue weighted by atomic mass is 10.2. The number of furan rings is 1. The molecule has 0 unspecified atom stereocenters. The van der Waals surface area contributed by atoms with Crippen LogP contribution in [0.1, 0.15) is 17.7 Å². The number of nitrogens with one attached hydrogen (secondary N) is 2. The van der Waals surface area contributed by atoms with Crippen LogP contribution in [0.2, 0.25) is 0 Å². The lowest BCUT2D eigenvalue weighted by molar-refractivity contribution is -0.121. The average molecular weight is 413 g/mol. The Morgan fingerprint density at radius 1 is 0.897 bits per heavy atom. The third-order valence-electron chi connectivity index (χ3n) is 4.35. The van der Waals surface area contributed by atoms with Crippen molar-refractivity contribution in [2.75, 3.05) is 12.3 Å². The number of amides is 1. The highest BCUT2D eigenvalue weighted by atomic mass is 32.2. The standard InChI is InChI=1S/C22H24N2O4S/c25-22(14-12-20-11-13-21(28-20)19-9-5-2-6-10-19)23-15-16-29(26,27)24-17-18-7-3-1-4-8-18/h1-11,13,24H,12,14-17H2,(H,23,25). The molecule has 0 atom stereocenters. The van der Waals surface area contributed by atoms with E-state index in [1.807, 2.05) is 72.8 Å². The molecule has 7 heteroatoms. The maximum Gasteiger partial charge on any atom is 0.220 e. The van der Waals surface area contributed by atoms with Gasteiger partial charge in [-0.1, -0.05) is 60.7 Å². The molecule has 1 amide bonds. The van der Waals surface area contributed by atoms with Crippen molar-refractivity contribution in [2.24, 2.45) is 0 Å². The largest absolute Gasteiger partial charge is 0.461 e. The normalized spacial score (nSPS) is 11.3. The summed E-state index contributed by atoms with van der Waals surface area (Å²) >= 11 is 0. The van der Waals surface area contributed by atoms with E-state index in [9.17, 15) is 13.2 Å². The van der Waals surface area contributed by atoms with Crippen LogP contribution in [0.15, 0.2) is 77.2 Å². The first kappa shape index (κ1) is 20.8. The van der Waals surface area contributed by atoms with Gasteiger partial charge in [-0.2, -0.15) is 0 Å². The van der Waals surface area contributed by atoms with Gasteiger partial charge < -0.3 is 9.73 Å². The van der Waals surface area contributed by atoms with Crippen LogP contribution in [-0.4, -0.2) is 26.6 Å². The molecule has 1 heterocycles. The van der Waals surface area contributed by atoms with Crippen molar-refractivity contribution >= 4 is 15.9 Å². The van der Waals surface area contributed by atoms with Crippen molar-refractivity contribution in [3.63, 3.8) is 0 Å². The van der Waals surface area contributed by atoms with Crippen LogP contribution in [0.5, 0.6) is 0 Å². The summed E-state index contributed by atoms with van der Waals surface area (Å²) in [5, 5.41) is 2.65. The van der Waals surface area contributed by atoms with E-state index < -0.39 is 10.0 Å². The van der Waals surface area contributed by atoms with Crippen LogP contribution < -0.4 is 10.0 Å². The maximum absolute atomic E-state index is 12.0. The van der Waals surface area contributed by atoms with Crippen molar-refractivity contribution in [3.05, 3.63) is 84.1 Å². The van der Waals surface area contributed by atoms with Gasteiger partial charge in [-0.15, -0.1) is 0 Å². The minimum Gasteiger partial charge on any atom is -0.461 e. The minimum atomic E-state index is -3.45. The van der Waals surface area contributed by atoms with E-state index in [-0.39, 0.29) is 31.2 Å². The third-order valence-corrected chi connectivity index (χ3v) is 5.68. The fourth-order valence-electron chi connectivity index (χ4n) is 2.78. The molecule has 0 saturated heterocycles. The lowest BCUT2D eigenvalue weighted by Gasteiger charge is -2.08. The molecule has 3 rings (SSSR count). The molecular formula is C22H24N2O4S. The maximum atomic E-state index is 12.0. The van der Waals surface area contributed by atoms with E-state index in [1.165, 1.54) is 0 Å². The molecule has 0 saturated carbocycles. The topological polar surface area (TPSA) is 88.4 Å². The molecule has 2 N–H and O–H groups in total. The Labute approximate surface area is 171 Å². The van der Waals surface area contributed by atoms with Gasteiger partial charge in [0.05, 0.1) is 5.75 Å². The zero-order chi connectivity index (χ0) is 20.5. The Morgan fingerprint density at radius 3 is 2.31 bits per heavy atom. The second-order valence-corrected chi connectivity index (χ2v) is 8.53. The van der Waals surface area contributed by atoms with E-state index in [1.54, 1.807) is 0 Å². The van der Waals surface area contributed by atoms with E-state index >= 15 is 0 Å². The summed E-state index contributed by atoms with van der Waals surface area (Å²) < 4.78 is 32.3. The second-order valence-electron chi connectivity index (χ2n) is 6.61. The fourth-order valence-corrected chi connectivity index (χ4v) is 3.68. The summed E-state index contributed by atoms with van der Waals surface area (Å²) in [6, 6.07) is 22.8. The Balaban J connectivity index is 1.37. The van der Waals surface area contributed by atoms with Gasteiger partial charge in [-0.25, -0.2) is 13.1 Å². The molecule has 0 aliphatic rings. The van der Waals surface area contributed by atoms with Crippen LogP contribution in [0.3, 0.4) is 0 Å². The van der Waals surface area contributed by atoms with Gasteiger partial charge in [0.1, 0.15) is 11.5 Å². The Kier molecular flexibility index (Phi) is 7.21. The Bertz CT molecular complexity index is 1020. The second kappa shape index (κ2) is 10.0. The average Bonchev–Trinajstić information content (AvgIpc) is 3.21. The van der Waals surface area contributed by atoms with Crippen LogP contribution >= 0.6 is 0 Å². The Hall–Kier alpha value is -2.90. The van der Waals surface area contributed by atoms with E-state index in [0.717, 1.165) is 22.6 Å². The quantitative estimate of drug-likeness (QED) is 0.536. The minimum absolute atomic E-state index is 0.0658. The number of benzene rings is 2. The summed E-state index contributed by atoms with van der Waals surface area (Å²) in [5.74, 6) is 1.11. The summed E-state index contributed by atoms with van der Waals surface area (Å²) in [5.41, 5.74) is 1.87. The van der Waals surface area contributed by atoms with Gasteiger partial charge >= 0.3 is 0 Å². The van der Waals surface area contributed by atoms with Gasteiger partial charge in [0.2, 0.25) is 15.9 Å². The number of aryl methyl sites for hydroxylation is 1. The smallest absolute Gasteiger partial charge is 0.220 e. The van der Waals surface area contributed by atoms with Crippen molar-refractivity contribution in [1.82, 2.24) is 10.0 Å². The molecule has 29 heavy (non-hydrogen) atoms. The van der Waals surface area contributed by atoms with Crippen LogP contribution in [0.4, 0.5) is 0 Å². The molecule has 0 radical (unpaired) electrons.